The zero-order valence-electron chi connectivity index (χ0n) is 15.6. The smallest absolute Gasteiger partial charge is 0.264 e. The van der Waals surface area contributed by atoms with Crippen molar-refractivity contribution in [2.24, 2.45) is 0 Å². The Kier molecular flexibility index (Phi) is 5.55. The quantitative estimate of drug-likeness (QED) is 0.145. The van der Waals surface area contributed by atoms with Crippen molar-refractivity contribution >= 4 is 97.1 Å². The molecule has 5 rings (SSSR count). The lowest BCUT2D eigenvalue weighted by Gasteiger charge is -2.49. The molecule has 0 spiro atoms. The van der Waals surface area contributed by atoms with Gasteiger partial charge in [-0.1, -0.05) is 68.4 Å². The number of nitrogens with zero attached hydrogens (tertiary/aromatic N) is 2. The average Bonchev–Trinajstić information content (AvgIpc) is 3.38. The number of rotatable bonds is 3. The SMILES string of the molecule is O=C1c2c(Cl)c(Cl)c(Cl)c(Cl)c2C(=O)N1C1C(=O)N(c2ccc(Br)cc2)C1c1cccs1. The lowest BCUT2D eigenvalue weighted by molar-refractivity contribution is -0.130. The third-order valence-electron chi connectivity index (χ3n) is 5.42. The fourth-order valence-corrected chi connectivity index (χ4v) is 6.10. The molecule has 2 aliphatic rings. The van der Waals surface area contributed by atoms with Crippen molar-refractivity contribution < 1.29 is 14.4 Å². The summed E-state index contributed by atoms with van der Waals surface area (Å²) in [5.41, 5.74) is 0.360. The van der Waals surface area contributed by atoms with Gasteiger partial charge in [-0.25, -0.2) is 0 Å². The predicted octanol–water partition coefficient (Wildman–Crippen LogP) is 6.88. The zero-order chi connectivity index (χ0) is 22.9. The molecule has 2 aromatic carbocycles. The molecule has 0 aliphatic carbocycles. The first-order valence-corrected chi connectivity index (χ1v) is 12.3. The summed E-state index contributed by atoms with van der Waals surface area (Å²) in [5.74, 6) is -1.86. The zero-order valence-corrected chi connectivity index (χ0v) is 21.0. The van der Waals surface area contributed by atoms with E-state index in [1.165, 1.54) is 11.3 Å². The molecule has 1 saturated heterocycles. The number of amides is 3. The summed E-state index contributed by atoms with van der Waals surface area (Å²) < 4.78 is 0.858. The van der Waals surface area contributed by atoms with Crippen LogP contribution in [0.15, 0.2) is 46.3 Å². The molecular formula is C21H9BrCl4N2O3S. The molecule has 11 heteroatoms. The Bertz CT molecular complexity index is 1270. The molecule has 0 radical (unpaired) electrons. The van der Waals surface area contributed by atoms with Gasteiger partial charge in [-0.05, 0) is 35.7 Å². The van der Waals surface area contributed by atoms with Crippen LogP contribution in [-0.2, 0) is 4.79 Å². The van der Waals surface area contributed by atoms with E-state index in [0.717, 1.165) is 14.2 Å². The Morgan fingerprint density at radius 2 is 1.31 bits per heavy atom. The monoisotopic (exact) mass is 588 g/mol. The Labute approximate surface area is 214 Å². The molecule has 1 fully saturated rings. The van der Waals surface area contributed by atoms with Crippen molar-refractivity contribution in [1.82, 2.24) is 4.90 Å². The maximum absolute atomic E-state index is 13.3. The number of hydrogen-bond acceptors (Lipinski definition) is 4. The Morgan fingerprint density at radius 1 is 0.750 bits per heavy atom. The molecule has 5 nitrogen and oxygen atoms in total. The van der Waals surface area contributed by atoms with Crippen LogP contribution >= 0.6 is 73.7 Å². The lowest BCUT2D eigenvalue weighted by Crippen LogP contribution is -2.67. The summed E-state index contributed by atoms with van der Waals surface area (Å²) >= 11 is 29.5. The molecule has 3 heterocycles. The second-order valence-electron chi connectivity index (χ2n) is 7.08. The second kappa shape index (κ2) is 8.01. The van der Waals surface area contributed by atoms with Gasteiger partial charge in [0.1, 0.15) is 12.1 Å². The third kappa shape index (κ3) is 3.06. The van der Waals surface area contributed by atoms with E-state index < -0.39 is 29.8 Å². The Balaban J connectivity index is 1.61. The third-order valence-corrected chi connectivity index (χ3v) is 8.69. The highest BCUT2D eigenvalue weighted by Crippen LogP contribution is 2.49. The van der Waals surface area contributed by atoms with Gasteiger partial charge in [-0.2, -0.15) is 0 Å². The van der Waals surface area contributed by atoms with E-state index in [2.05, 4.69) is 15.9 Å². The molecule has 2 aliphatic heterocycles. The van der Waals surface area contributed by atoms with Crippen molar-refractivity contribution in [2.45, 2.75) is 12.1 Å². The summed E-state index contributed by atoms with van der Waals surface area (Å²) in [6, 6.07) is 9.27. The van der Waals surface area contributed by atoms with Crippen molar-refractivity contribution in [3.05, 3.63) is 82.3 Å². The number of β-lactam (4-membered cyclic amide) rings is 1. The number of benzene rings is 2. The highest BCUT2D eigenvalue weighted by atomic mass is 79.9. The van der Waals surface area contributed by atoms with Crippen LogP contribution in [0, 0.1) is 0 Å². The Morgan fingerprint density at radius 3 is 1.81 bits per heavy atom. The number of fused-ring (bicyclic) bond motifs is 1. The van der Waals surface area contributed by atoms with Crippen LogP contribution in [0.1, 0.15) is 31.6 Å². The summed E-state index contributed by atoms with van der Waals surface area (Å²) in [6.07, 6.45) is 0. The number of thiophene rings is 1. The van der Waals surface area contributed by atoms with Crippen molar-refractivity contribution in [3.8, 4) is 0 Å². The second-order valence-corrected chi connectivity index (χ2v) is 10.5. The first-order chi connectivity index (χ1) is 15.2. The van der Waals surface area contributed by atoms with Crippen molar-refractivity contribution in [3.63, 3.8) is 0 Å². The van der Waals surface area contributed by atoms with Gasteiger partial charge in [-0.15, -0.1) is 11.3 Å². The maximum atomic E-state index is 13.3. The highest BCUT2D eigenvalue weighted by Gasteiger charge is 2.58. The normalized spacial score (nSPS) is 20.1. The minimum Gasteiger partial charge on any atom is -0.300 e. The fourth-order valence-electron chi connectivity index (χ4n) is 3.98. The van der Waals surface area contributed by atoms with Gasteiger partial charge >= 0.3 is 0 Å². The van der Waals surface area contributed by atoms with Crippen LogP contribution < -0.4 is 4.90 Å². The average molecular weight is 591 g/mol. The van der Waals surface area contributed by atoms with E-state index in [0.29, 0.717) is 5.69 Å². The van der Waals surface area contributed by atoms with Crippen LogP contribution in [-0.4, -0.2) is 28.7 Å². The molecule has 32 heavy (non-hydrogen) atoms. The molecule has 3 aromatic rings. The van der Waals surface area contributed by atoms with Gasteiger partial charge in [0, 0.05) is 15.0 Å². The van der Waals surface area contributed by atoms with E-state index in [4.69, 9.17) is 46.4 Å². The largest absolute Gasteiger partial charge is 0.300 e. The molecule has 2 atom stereocenters. The van der Waals surface area contributed by atoms with E-state index in [1.54, 1.807) is 17.0 Å². The standard InChI is InChI=1S/C21H9BrCl4N2O3S/c22-8-3-5-9(6-4-8)27-17(10-2-1-7-32-10)18(21(27)31)28-19(29)11-12(20(28)30)14(24)16(26)15(25)13(11)23/h1-7,17-18H. The number of halogens is 5. The summed E-state index contributed by atoms with van der Waals surface area (Å²) in [7, 11) is 0. The number of carbonyl (C=O) groups excluding carboxylic acids is 3. The number of hydrogen-bond donors (Lipinski definition) is 0. The van der Waals surface area contributed by atoms with E-state index in [-0.39, 0.29) is 31.2 Å². The van der Waals surface area contributed by atoms with Crippen LogP contribution in [0.4, 0.5) is 5.69 Å². The first kappa shape index (κ1) is 22.2. The van der Waals surface area contributed by atoms with Crippen LogP contribution in [0.5, 0.6) is 0 Å². The summed E-state index contributed by atoms with van der Waals surface area (Å²) in [5, 5.41) is 1.30. The molecular weight excluding hydrogens is 582 g/mol. The minimum absolute atomic E-state index is 0.119. The van der Waals surface area contributed by atoms with Gasteiger partial charge in [0.15, 0.2) is 0 Å². The van der Waals surface area contributed by atoms with Crippen molar-refractivity contribution in [1.29, 1.82) is 0 Å². The maximum Gasteiger partial charge on any atom is 0.264 e. The van der Waals surface area contributed by atoms with Crippen LogP contribution in [0.2, 0.25) is 20.1 Å². The molecule has 162 valence electrons. The van der Waals surface area contributed by atoms with E-state index in [9.17, 15) is 14.4 Å². The van der Waals surface area contributed by atoms with Crippen LogP contribution in [0.3, 0.4) is 0 Å². The number of imide groups is 1. The van der Waals surface area contributed by atoms with Gasteiger partial charge < -0.3 is 0 Å². The number of carbonyl (C=O) groups is 3. The van der Waals surface area contributed by atoms with Crippen LogP contribution in [0.25, 0.3) is 0 Å². The molecule has 1 aromatic heterocycles. The predicted molar refractivity (Wildman–Crippen MR) is 129 cm³/mol. The lowest BCUT2D eigenvalue weighted by atomic mass is 9.90. The number of anilines is 1. The first-order valence-electron chi connectivity index (χ1n) is 9.10. The highest BCUT2D eigenvalue weighted by molar-refractivity contribution is 9.10. The molecule has 0 saturated carbocycles. The summed E-state index contributed by atoms with van der Waals surface area (Å²) in [6.45, 7) is 0. The molecule has 0 N–H and O–H groups in total. The fraction of sp³-hybridized carbons (Fsp3) is 0.0952. The molecule has 2 unspecified atom stereocenters. The Hall–Kier alpha value is -1.61. The topological polar surface area (TPSA) is 57.7 Å². The molecule has 0 bridgehead atoms. The minimum atomic E-state index is -1.06. The van der Waals surface area contributed by atoms with Gasteiger partial charge in [0.25, 0.3) is 17.7 Å². The van der Waals surface area contributed by atoms with E-state index >= 15 is 0 Å². The van der Waals surface area contributed by atoms with E-state index in [1.807, 2.05) is 29.6 Å². The van der Waals surface area contributed by atoms with Gasteiger partial charge in [0.05, 0.1) is 31.2 Å². The summed E-state index contributed by atoms with van der Waals surface area (Å²) in [4.78, 5) is 43.3. The van der Waals surface area contributed by atoms with Gasteiger partial charge in [0.2, 0.25) is 0 Å². The molecule has 3 amide bonds. The van der Waals surface area contributed by atoms with Crippen molar-refractivity contribution in [2.75, 3.05) is 4.90 Å². The van der Waals surface area contributed by atoms with Gasteiger partial charge in [-0.3, -0.25) is 24.2 Å².